The van der Waals surface area contributed by atoms with Crippen LogP contribution in [0, 0.1) is 0 Å². The first-order valence-electron chi connectivity index (χ1n) is 11.0. The molecule has 0 saturated heterocycles. The number of aryl methyl sites for hydroxylation is 1. The third kappa shape index (κ3) is 11.3. The Morgan fingerprint density at radius 3 is 2.10 bits per heavy atom. The van der Waals surface area contributed by atoms with E-state index in [2.05, 4.69) is 6.92 Å². The minimum Gasteiger partial charge on any atom is -0.872 e. The van der Waals surface area contributed by atoms with E-state index >= 15 is 0 Å². The molecule has 0 unspecified atom stereocenters. The van der Waals surface area contributed by atoms with E-state index in [4.69, 9.17) is 4.74 Å². The van der Waals surface area contributed by atoms with E-state index in [1.807, 2.05) is 18.2 Å². The molecular weight excluding hydrogens is 439 g/mol. The van der Waals surface area contributed by atoms with E-state index in [1.54, 1.807) is 6.07 Å². The smallest absolute Gasteiger partial charge is 0.872 e. The summed E-state index contributed by atoms with van der Waals surface area (Å²) in [6.07, 6.45) is 13.8. The Bertz CT molecular complexity index is 883. The average Bonchev–Trinajstić information content (AvgIpc) is 2.70. The summed E-state index contributed by atoms with van der Waals surface area (Å²) < 4.78 is 38.0. The Morgan fingerprint density at radius 1 is 0.871 bits per heavy atom. The maximum Gasteiger partial charge on any atom is 1.00 e. The maximum absolute atomic E-state index is 11.5. The monoisotopic (exact) mass is 472 g/mol. The number of hydrogen-bond donors (Lipinski definition) is 1. The molecule has 0 aliphatic heterocycles. The van der Waals surface area contributed by atoms with Crippen LogP contribution in [-0.2, 0) is 16.5 Å². The van der Waals surface area contributed by atoms with Crippen LogP contribution in [0.3, 0.4) is 0 Å². The van der Waals surface area contributed by atoms with Crippen LogP contribution >= 0.6 is 0 Å². The van der Waals surface area contributed by atoms with Gasteiger partial charge < -0.3 is 9.84 Å². The standard InChI is InChI=1S/C24H34O5S.K/c1-2-3-4-5-6-7-8-9-10-11-13-20-14-12-15-22(18-20)29-23-17-16-21(25)19-24(23)30(26,27)28;/h12,14-19,25H,2-11,13H2,1H3,(H,26,27,28);/q;+1/p-1. The molecule has 0 fully saturated rings. The zero-order valence-electron chi connectivity index (χ0n) is 18.8. The number of hydrogen-bond acceptors (Lipinski definition) is 4. The molecule has 0 amide bonds. The fourth-order valence-corrected chi connectivity index (χ4v) is 4.11. The molecule has 2 aromatic rings. The number of rotatable bonds is 14. The molecule has 31 heavy (non-hydrogen) atoms. The number of benzene rings is 2. The van der Waals surface area contributed by atoms with E-state index in [1.165, 1.54) is 69.9 Å². The largest absolute Gasteiger partial charge is 1.00 e. The molecule has 0 bridgehead atoms. The molecule has 0 aromatic heterocycles. The van der Waals surface area contributed by atoms with Crippen LogP contribution in [0.1, 0.15) is 76.7 Å². The number of ether oxygens (including phenoxy) is 1. The Kier molecular flexibility index (Phi) is 14.2. The van der Waals surface area contributed by atoms with Gasteiger partial charge in [0.2, 0.25) is 0 Å². The average molecular weight is 473 g/mol. The van der Waals surface area contributed by atoms with Crippen LogP contribution in [0.4, 0.5) is 0 Å². The molecule has 0 aliphatic rings. The van der Waals surface area contributed by atoms with Crippen LogP contribution in [0.25, 0.3) is 0 Å². The molecule has 0 heterocycles. The van der Waals surface area contributed by atoms with Crippen molar-refractivity contribution in [2.24, 2.45) is 0 Å². The van der Waals surface area contributed by atoms with Crippen molar-refractivity contribution in [1.82, 2.24) is 0 Å². The third-order valence-electron chi connectivity index (χ3n) is 5.14. The van der Waals surface area contributed by atoms with Crippen molar-refractivity contribution in [3.05, 3.63) is 48.0 Å². The van der Waals surface area contributed by atoms with Crippen LogP contribution in [0.5, 0.6) is 17.2 Å². The molecule has 1 N–H and O–H groups in total. The summed E-state index contributed by atoms with van der Waals surface area (Å²) >= 11 is 0. The van der Waals surface area contributed by atoms with Crippen molar-refractivity contribution in [3.63, 3.8) is 0 Å². The molecule has 7 heteroatoms. The summed E-state index contributed by atoms with van der Waals surface area (Å²) in [6, 6.07) is 10.8. The van der Waals surface area contributed by atoms with E-state index in [0.29, 0.717) is 5.75 Å². The summed E-state index contributed by atoms with van der Waals surface area (Å²) in [5.41, 5.74) is 1.11. The topological polar surface area (TPSA) is 86.7 Å². The normalized spacial score (nSPS) is 11.2. The van der Waals surface area contributed by atoms with Gasteiger partial charge in [-0.1, -0.05) is 82.9 Å². The minimum atomic E-state index is -4.54. The van der Waals surface area contributed by atoms with Crippen molar-refractivity contribution < 1.29 is 74.2 Å². The molecule has 0 spiro atoms. The van der Waals surface area contributed by atoms with E-state index in [-0.39, 0.29) is 57.1 Å². The van der Waals surface area contributed by atoms with Crippen molar-refractivity contribution in [2.45, 2.75) is 82.4 Å². The molecular formula is C24H33KO5S. The van der Waals surface area contributed by atoms with E-state index in [9.17, 15) is 18.1 Å². The van der Waals surface area contributed by atoms with Gasteiger partial charge in [0.1, 0.15) is 16.4 Å². The van der Waals surface area contributed by atoms with Crippen LogP contribution in [0.2, 0.25) is 0 Å². The van der Waals surface area contributed by atoms with Gasteiger partial charge in [-0.05, 0) is 42.7 Å². The van der Waals surface area contributed by atoms with Gasteiger partial charge >= 0.3 is 51.4 Å². The zero-order valence-corrected chi connectivity index (χ0v) is 22.7. The SMILES string of the molecule is CCCCCCCCCCCCc1cccc(Oc2ccc([O-])cc2S(=O)(=O)O)c1.[K+]. The van der Waals surface area contributed by atoms with Gasteiger partial charge in [-0.25, -0.2) is 0 Å². The molecule has 0 atom stereocenters. The van der Waals surface area contributed by atoms with Crippen LogP contribution in [-0.4, -0.2) is 13.0 Å². The Morgan fingerprint density at radius 2 is 1.48 bits per heavy atom. The molecule has 0 radical (unpaired) electrons. The van der Waals surface area contributed by atoms with Gasteiger partial charge in [0.15, 0.2) is 0 Å². The second-order valence-corrected chi connectivity index (χ2v) is 9.16. The Hall–Kier alpha value is -0.414. The van der Waals surface area contributed by atoms with Gasteiger partial charge in [0.25, 0.3) is 10.1 Å². The number of unbranched alkanes of at least 4 members (excludes halogenated alkanes) is 9. The van der Waals surface area contributed by atoms with Crippen molar-refractivity contribution in [1.29, 1.82) is 0 Å². The molecule has 166 valence electrons. The molecule has 2 aromatic carbocycles. The van der Waals surface area contributed by atoms with E-state index in [0.717, 1.165) is 24.5 Å². The summed E-state index contributed by atoms with van der Waals surface area (Å²) in [4.78, 5) is -0.518. The Balaban J connectivity index is 0.00000480. The zero-order chi connectivity index (χ0) is 21.8. The summed E-state index contributed by atoms with van der Waals surface area (Å²) in [7, 11) is -4.54. The Labute approximate surface area is 229 Å². The molecule has 5 nitrogen and oxygen atoms in total. The first kappa shape index (κ1) is 28.6. The van der Waals surface area contributed by atoms with Crippen LogP contribution in [0.15, 0.2) is 47.4 Å². The second-order valence-electron chi connectivity index (χ2n) is 7.77. The molecule has 2 rings (SSSR count). The van der Waals surface area contributed by atoms with Gasteiger partial charge in [-0.2, -0.15) is 8.42 Å². The summed E-state index contributed by atoms with van der Waals surface area (Å²) in [6.45, 7) is 2.24. The molecule has 0 aliphatic carbocycles. The van der Waals surface area contributed by atoms with Gasteiger partial charge in [-0.15, -0.1) is 5.75 Å². The first-order valence-corrected chi connectivity index (χ1v) is 12.4. The van der Waals surface area contributed by atoms with Crippen LogP contribution < -0.4 is 61.2 Å². The molecule has 0 saturated carbocycles. The quantitative estimate of drug-likeness (QED) is 0.259. The van der Waals surface area contributed by atoms with Crippen molar-refractivity contribution in [3.8, 4) is 17.2 Å². The second kappa shape index (κ2) is 15.4. The first-order chi connectivity index (χ1) is 14.4. The minimum absolute atomic E-state index is 0. The van der Waals surface area contributed by atoms with Gasteiger partial charge in [-0.3, -0.25) is 4.55 Å². The van der Waals surface area contributed by atoms with Gasteiger partial charge in [0.05, 0.1) is 0 Å². The fourth-order valence-electron chi connectivity index (χ4n) is 3.48. The predicted octanol–water partition coefficient (Wildman–Crippen LogP) is 3.27. The maximum atomic E-state index is 11.5. The summed E-state index contributed by atoms with van der Waals surface area (Å²) in [5, 5.41) is 11.4. The summed E-state index contributed by atoms with van der Waals surface area (Å²) in [5.74, 6) is -0.0963. The third-order valence-corrected chi connectivity index (χ3v) is 6.01. The van der Waals surface area contributed by atoms with Gasteiger partial charge in [0, 0.05) is 0 Å². The predicted molar refractivity (Wildman–Crippen MR) is 118 cm³/mol. The van der Waals surface area contributed by atoms with E-state index < -0.39 is 20.8 Å². The van der Waals surface area contributed by atoms with Crippen molar-refractivity contribution in [2.75, 3.05) is 0 Å². The fraction of sp³-hybridized carbons (Fsp3) is 0.500. The van der Waals surface area contributed by atoms with Crippen molar-refractivity contribution >= 4 is 10.1 Å².